The normalized spacial score (nSPS) is 16.1. The topological polar surface area (TPSA) is 145 Å². The lowest BCUT2D eigenvalue weighted by Crippen LogP contribution is -2.18. The second-order valence-corrected chi connectivity index (χ2v) is 8.83. The molecule has 0 bridgehead atoms. The summed E-state index contributed by atoms with van der Waals surface area (Å²) in [5.74, 6) is 1.17. The molecule has 1 fully saturated rings. The van der Waals surface area contributed by atoms with Gasteiger partial charge in [0.15, 0.2) is 0 Å². The largest absolute Gasteiger partial charge is 0.488 e. The monoisotopic (exact) mass is 485 g/mol. The van der Waals surface area contributed by atoms with Gasteiger partial charge in [-0.25, -0.2) is 14.8 Å². The maximum Gasteiger partial charge on any atom is 0.350 e. The van der Waals surface area contributed by atoms with E-state index in [0.717, 1.165) is 28.9 Å². The molecule has 10 heteroatoms. The number of nitrogens with one attached hydrogen (secondary N) is 2. The smallest absolute Gasteiger partial charge is 0.350 e. The number of hydrogen-bond donors (Lipinski definition) is 3. The Hall–Kier alpha value is -4.31. The van der Waals surface area contributed by atoms with Crippen LogP contribution in [0, 0.1) is 12.3 Å². The highest BCUT2D eigenvalue weighted by atomic mass is 16.5. The van der Waals surface area contributed by atoms with E-state index in [0.29, 0.717) is 31.0 Å². The van der Waals surface area contributed by atoms with Crippen molar-refractivity contribution < 1.29 is 9.47 Å². The Kier molecular flexibility index (Phi) is 6.59. The van der Waals surface area contributed by atoms with E-state index in [-0.39, 0.29) is 23.8 Å². The minimum Gasteiger partial charge on any atom is -0.488 e. The maximum absolute atomic E-state index is 12.8. The number of amidine groups is 1. The lowest BCUT2D eigenvalue weighted by molar-refractivity contribution is 0.141. The Labute approximate surface area is 207 Å². The van der Waals surface area contributed by atoms with Crippen LogP contribution in [-0.2, 0) is 11.2 Å². The molecule has 1 saturated heterocycles. The van der Waals surface area contributed by atoms with Gasteiger partial charge in [-0.15, -0.1) is 9.78 Å². The van der Waals surface area contributed by atoms with E-state index in [2.05, 4.69) is 26.1 Å². The summed E-state index contributed by atoms with van der Waals surface area (Å²) in [5, 5.41) is 12.2. The van der Waals surface area contributed by atoms with E-state index in [1.807, 2.05) is 43.3 Å². The molecule has 2 aromatic heterocycles. The number of benzene rings is 2. The summed E-state index contributed by atoms with van der Waals surface area (Å²) in [6, 6.07) is 15.3. The van der Waals surface area contributed by atoms with Crippen LogP contribution in [0.3, 0.4) is 0 Å². The molecule has 0 amide bonds. The van der Waals surface area contributed by atoms with Crippen LogP contribution >= 0.6 is 0 Å². The third-order valence-corrected chi connectivity index (χ3v) is 6.08. The first-order chi connectivity index (χ1) is 17.5. The van der Waals surface area contributed by atoms with Crippen LogP contribution in [0.4, 0.5) is 0 Å². The highest BCUT2D eigenvalue weighted by Crippen LogP contribution is 2.31. The molecule has 5 rings (SSSR count). The number of aromatic nitrogens is 5. The Morgan fingerprint density at radius 3 is 2.72 bits per heavy atom. The quantitative estimate of drug-likeness (QED) is 0.257. The maximum atomic E-state index is 12.8. The highest BCUT2D eigenvalue weighted by molar-refractivity contribution is 5.94. The minimum absolute atomic E-state index is 0.0143. The Morgan fingerprint density at radius 2 is 2.03 bits per heavy atom. The van der Waals surface area contributed by atoms with Crippen molar-refractivity contribution >= 4 is 5.84 Å². The summed E-state index contributed by atoms with van der Waals surface area (Å²) >= 11 is 0. The number of aryl methyl sites for hydroxylation is 1. The molecule has 2 aromatic carbocycles. The van der Waals surface area contributed by atoms with Gasteiger partial charge in [0, 0.05) is 30.3 Å². The van der Waals surface area contributed by atoms with Gasteiger partial charge in [0.05, 0.1) is 13.2 Å². The molecule has 4 N–H and O–H groups in total. The molecule has 0 radical (unpaired) electrons. The molecule has 0 aliphatic carbocycles. The highest BCUT2D eigenvalue weighted by Gasteiger charge is 2.24. The van der Waals surface area contributed by atoms with E-state index in [9.17, 15) is 4.79 Å². The van der Waals surface area contributed by atoms with Crippen LogP contribution in [0.25, 0.3) is 5.95 Å². The second-order valence-electron chi connectivity index (χ2n) is 8.83. The fourth-order valence-electron chi connectivity index (χ4n) is 4.31. The van der Waals surface area contributed by atoms with Crippen molar-refractivity contribution in [2.24, 2.45) is 5.73 Å². The fourth-order valence-corrected chi connectivity index (χ4v) is 4.31. The zero-order valence-electron chi connectivity index (χ0n) is 19.8. The summed E-state index contributed by atoms with van der Waals surface area (Å²) in [6.07, 6.45) is 4.55. The van der Waals surface area contributed by atoms with Crippen LogP contribution < -0.4 is 16.2 Å². The number of ether oxygens (including phenoxy) is 2. The van der Waals surface area contributed by atoms with Crippen molar-refractivity contribution in [2.45, 2.75) is 31.8 Å². The van der Waals surface area contributed by atoms with Crippen LogP contribution in [-0.4, -0.2) is 49.9 Å². The average molecular weight is 486 g/mol. The van der Waals surface area contributed by atoms with Gasteiger partial charge >= 0.3 is 5.69 Å². The van der Waals surface area contributed by atoms with E-state index in [4.69, 9.17) is 20.6 Å². The summed E-state index contributed by atoms with van der Waals surface area (Å²) in [6.45, 7) is 3.28. The number of nitrogens with zero attached hydrogens (tertiary/aromatic N) is 4. The molecule has 36 heavy (non-hydrogen) atoms. The predicted molar refractivity (Wildman–Crippen MR) is 134 cm³/mol. The molecule has 0 saturated carbocycles. The van der Waals surface area contributed by atoms with Crippen LogP contribution in [0.15, 0.2) is 65.7 Å². The molecule has 1 aliphatic rings. The third-order valence-electron chi connectivity index (χ3n) is 6.08. The predicted octanol–water partition coefficient (Wildman–Crippen LogP) is 2.49. The minimum atomic E-state index is -0.416. The van der Waals surface area contributed by atoms with Gasteiger partial charge in [-0.1, -0.05) is 30.3 Å². The van der Waals surface area contributed by atoms with Crippen molar-refractivity contribution in [1.29, 1.82) is 5.41 Å². The van der Waals surface area contributed by atoms with Gasteiger partial charge in [0.1, 0.15) is 23.5 Å². The summed E-state index contributed by atoms with van der Waals surface area (Å²) in [4.78, 5) is 24.0. The molecule has 10 nitrogen and oxygen atoms in total. The zero-order valence-corrected chi connectivity index (χ0v) is 19.8. The fraction of sp³-hybridized carbons (Fsp3) is 0.269. The number of nitrogen functional groups attached to an aromatic ring is 1. The van der Waals surface area contributed by atoms with Gasteiger partial charge < -0.3 is 15.2 Å². The Bertz CT molecular complexity index is 1410. The first-order valence-corrected chi connectivity index (χ1v) is 11.7. The molecular weight excluding hydrogens is 458 g/mol. The number of H-pyrrole nitrogens is 1. The second kappa shape index (κ2) is 10.1. The standard InChI is InChI=1S/C26H27N7O3/c1-16-11-19(14-21(12-16)36-20-7-10-35-15-20)22(13-17-3-5-18(6-4-17)23(27)28)24-31-26(34)33(32-24)25-29-8-2-9-30-25/h2-6,8-9,11-12,14,20,22H,7,10,13,15H2,1H3,(H3,27,28)(H,31,32,34)/t20-,22?/m0/s1. The van der Waals surface area contributed by atoms with Crippen molar-refractivity contribution in [3.63, 3.8) is 0 Å². The first kappa shape index (κ1) is 23.4. The van der Waals surface area contributed by atoms with E-state index in [1.54, 1.807) is 18.5 Å². The van der Waals surface area contributed by atoms with Crippen LogP contribution in [0.1, 0.15) is 40.4 Å². The summed E-state index contributed by atoms with van der Waals surface area (Å²) < 4.78 is 12.8. The number of hydrogen-bond acceptors (Lipinski definition) is 7. The summed E-state index contributed by atoms with van der Waals surface area (Å²) in [5.41, 5.74) is 8.85. The molecular formula is C26H27N7O3. The number of aromatic amines is 1. The van der Waals surface area contributed by atoms with Gasteiger partial charge in [0.2, 0.25) is 0 Å². The van der Waals surface area contributed by atoms with Crippen LogP contribution in [0.5, 0.6) is 5.75 Å². The zero-order chi connectivity index (χ0) is 25.1. The molecule has 1 aliphatic heterocycles. The van der Waals surface area contributed by atoms with Crippen LogP contribution in [0.2, 0.25) is 0 Å². The average Bonchev–Trinajstić information content (AvgIpc) is 3.52. The molecule has 184 valence electrons. The van der Waals surface area contributed by atoms with Crippen molar-refractivity contribution in [3.05, 3.63) is 99.5 Å². The van der Waals surface area contributed by atoms with Crippen molar-refractivity contribution in [3.8, 4) is 11.7 Å². The molecule has 0 spiro atoms. The van der Waals surface area contributed by atoms with E-state index < -0.39 is 5.69 Å². The lowest BCUT2D eigenvalue weighted by atomic mass is 9.90. The number of rotatable bonds is 8. The Morgan fingerprint density at radius 1 is 1.25 bits per heavy atom. The molecule has 2 atom stereocenters. The van der Waals surface area contributed by atoms with Crippen molar-refractivity contribution in [1.82, 2.24) is 24.7 Å². The van der Waals surface area contributed by atoms with Crippen molar-refractivity contribution in [2.75, 3.05) is 13.2 Å². The van der Waals surface area contributed by atoms with E-state index >= 15 is 0 Å². The molecule has 1 unspecified atom stereocenters. The van der Waals surface area contributed by atoms with Gasteiger partial charge in [-0.05, 0) is 48.2 Å². The Balaban J connectivity index is 1.54. The molecule has 3 heterocycles. The third kappa shape index (κ3) is 5.18. The molecule has 4 aromatic rings. The number of nitrogens with two attached hydrogens (primary N) is 1. The lowest BCUT2D eigenvalue weighted by Gasteiger charge is -2.19. The summed E-state index contributed by atoms with van der Waals surface area (Å²) in [7, 11) is 0. The SMILES string of the molecule is Cc1cc(O[C@H]2CCOC2)cc(C(Cc2ccc(C(=N)N)cc2)c2nn(-c3ncccn3)c(=O)[nH]2)c1. The van der Waals surface area contributed by atoms with Gasteiger partial charge in [0.25, 0.3) is 5.95 Å². The van der Waals surface area contributed by atoms with Gasteiger partial charge in [-0.3, -0.25) is 10.4 Å². The van der Waals surface area contributed by atoms with Gasteiger partial charge in [-0.2, -0.15) is 0 Å². The first-order valence-electron chi connectivity index (χ1n) is 11.7. The van der Waals surface area contributed by atoms with E-state index in [1.165, 1.54) is 4.68 Å².